The van der Waals surface area contributed by atoms with Gasteiger partial charge in [0.15, 0.2) is 0 Å². The summed E-state index contributed by atoms with van der Waals surface area (Å²) < 4.78 is 11.8. The highest BCUT2D eigenvalue weighted by Crippen LogP contribution is 2.34. The van der Waals surface area contributed by atoms with E-state index < -0.39 is 0 Å². The van der Waals surface area contributed by atoms with Crippen LogP contribution in [0.4, 0.5) is 0 Å². The molecular weight excluding hydrogens is 328 g/mol. The van der Waals surface area contributed by atoms with Crippen molar-refractivity contribution < 1.29 is 14.6 Å². The second-order valence-corrected chi connectivity index (χ2v) is 6.96. The van der Waals surface area contributed by atoms with Crippen LogP contribution in [0.25, 0.3) is 11.0 Å². The van der Waals surface area contributed by atoms with E-state index in [0.717, 1.165) is 59.1 Å². The Morgan fingerprint density at radius 1 is 0.962 bits per heavy atom. The van der Waals surface area contributed by atoms with Crippen molar-refractivity contribution in [1.82, 2.24) is 0 Å². The van der Waals surface area contributed by atoms with Gasteiger partial charge in [-0.1, -0.05) is 29.8 Å². The van der Waals surface area contributed by atoms with Crippen LogP contribution in [0.2, 0.25) is 0 Å². The maximum absolute atomic E-state index is 12.3. The number of aryl methyl sites for hydroxylation is 3. The Hall–Kier alpha value is -2.59. The van der Waals surface area contributed by atoms with E-state index in [-0.39, 0.29) is 11.1 Å². The van der Waals surface area contributed by atoms with E-state index >= 15 is 0 Å². The summed E-state index contributed by atoms with van der Waals surface area (Å²) in [5, 5.41) is 0.979. The fourth-order valence-electron chi connectivity index (χ4n) is 3.63. The first-order valence-electron chi connectivity index (χ1n) is 8.89. The van der Waals surface area contributed by atoms with Gasteiger partial charge < -0.3 is 14.6 Å². The van der Waals surface area contributed by atoms with Gasteiger partial charge in [0, 0.05) is 5.56 Å². The Morgan fingerprint density at radius 2 is 1.65 bits per heavy atom. The molecule has 1 aromatic heterocycles. The molecule has 2 aromatic carbocycles. The van der Waals surface area contributed by atoms with Gasteiger partial charge in [0.05, 0.1) is 5.39 Å². The molecule has 0 amide bonds. The Labute approximate surface area is 152 Å². The van der Waals surface area contributed by atoms with Crippen LogP contribution >= 0.6 is 0 Å². The van der Waals surface area contributed by atoms with Gasteiger partial charge in [-0.3, -0.25) is 0 Å². The lowest BCUT2D eigenvalue weighted by atomic mass is 9.90. The van der Waals surface area contributed by atoms with Crippen molar-refractivity contribution in [3.63, 3.8) is 0 Å². The highest BCUT2D eigenvalue weighted by molar-refractivity contribution is 5.88. The van der Waals surface area contributed by atoms with Gasteiger partial charge in [-0.05, 0) is 68.4 Å². The molecule has 136 valence electrons. The average molecular weight is 352 g/mol. The monoisotopic (exact) mass is 352 g/mol. The third-order valence-electron chi connectivity index (χ3n) is 4.94. The van der Waals surface area contributed by atoms with E-state index in [9.17, 15) is 4.79 Å². The minimum absolute atomic E-state index is 0. The van der Waals surface area contributed by atoms with Gasteiger partial charge in [0.25, 0.3) is 0 Å². The van der Waals surface area contributed by atoms with Crippen LogP contribution in [-0.4, -0.2) is 5.48 Å². The molecule has 0 saturated carbocycles. The third-order valence-corrected chi connectivity index (χ3v) is 4.94. The molecule has 0 bridgehead atoms. The lowest BCUT2D eigenvalue weighted by molar-refractivity contribution is 0.309. The van der Waals surface area contributed by atoms with E-state index in [2.05, 4.69) is 31.2 Å². The van der Waals surface area contributed by atoms with E-state index in [1.165, 1.54) is 5.56 Å². The SMILES string of the molecule is Cc1ccc(COc2cc(C)cc3oc(=O)c4c(c23)CCCC4)cc1.O. The fraction of sp³-hybridized carbons (Fsp3) is 0.318. The summed E-state index contributed by atoms with van der Waals surface area (Å²) in [5.74, 6) is 0.817. The summed E-state index contributed by atoms with van der Waals surface area (Å²) in [6.45, 7) is 4.58. The average Bonchev–Trinajstić information content (AvgIpc) is 2.61. The summed E-state index contributed by atoms with van der Waals surface area (Å²) in [6, 6.07) is 12.3. The molecule has 0 fully saturated rings. The van der Waals surface area contributed by atoms with Gasteiger partial charge in [-0.2, -0.15) is 0 Å². The molecule has 4 heteroatoms. The van der Waals surface area contributed by atoms with Crippen LogP contribution in [-0.2, 0) is 19.4 Å². The number of hydrogen-bond donors (Lipinski definition) is 0. The third kappa shape index (κ3) is 3.37. The molecule has 0 aliphatic heterocycles. The maximum Gasteiger partial charge on any atom is 0.339 e. The summed E-state index contributed by atoms with van der Waals surface area (Å²) in [5.41, 5.74) is 5.82. The molecule has 0 unspecified atom stereocenters. The first kappa shape index (κ1) is 18.2. The lowest BCUT2D eigenvalue weighted by Crippen LogP contribution is -2.16. The predicted octanol–water partition coefficient (Wildman–Crippen LogP) is 4.04. The second kappa shape index (κ2) is 7.34. The van der Waals surface area contributed by atoms with Gasteiger partial charge in [0.1, 0.15) is 17.9 Å². The number of benzene rings is 2. The van der Waals surface area contributed by atoms with Crippen LogP contribution in [0, 0.1) is 13.8 Å². The summed E-state index contributed by atoms with van der Waals surface area (Å²) >= 11 is 0. The van der Waals surface area contributed by atoms with Crippen molar-refractivity contribution in [2.45, 2.75) is 46.1 Å². The first-order chi connectivity index (χ1) is 12.1. The lowest BCUT2D eigenvalue weighted by Gasteiger charge is -2.19. The topological polar surface area (TPSA) is 70.9 Å². The van der Waals surface area contributed by atoms with Crippen molar-refractivity contribution in [2.75, 3.05) is 0 Å². The van der Waals surface area contributed by atoms with Crippen molar-refractivity contribution >= 4 is 11.0 Å². The first-order valence-corrected chi connectivity index (χ1v) is 8.89. The molecule has 3 aromatic rings. The van der Waals surface area contributed by atoms with Crippen LogP contribution in [0.1, 0.15) is 40.7 Å². The molecule has 26 heavy (non-hydrogen) atoms. The number of hydrogen-bond acceptors (Lipinski definition) is 3. The molecule has 0 radical (unpaired) electrons. The highest BCUT2D eigenvalue weighted by Gasteiger charge is 2.21. The molecule has 2 N–H and O–H groups in total. The number of fused-ring (bicyclic) bond motifs is 3. The molecule has 4 nitrogen and oxygen atoms in total. The zero-order valence-corrected chi connectivity index (χ0v) is 15.2. The molecule has 1 heterocycles. The molecule has 1 aliphatic rings. The quantitative estimate of drug-likeness (QED) is 0.668. The Morgan fingerprint density at radius 3 is 2.38 bits per heavy atom. The Balaban J connectivity index is 0.00000196. The zero-order valence-electron chi connectivity index (χ0n) is 15.2. The standard InChI is InChI=1S/C22H22O3.H2O/c1-14-7-9-16(10-8-14)13-24-19-11-15(2)12-20-21(19)17-5-3-4-6-18(17)22(23)25-20;/h7-12H,3-6,13H2,1-2H3;1H2. The zero-order chi connectivity index (χ0) is 17.4. The van der Waals surface area contributed by atoms with Crippen molar-refractivity contribution in [3.8, 4) is 5.75 Å². The van der Waals surface area contributed by atoms with Gasteiger partial charge >= 0.3 is 5.63 Å². The van der Waals surface area contributed by atoms with E-state index in [1.54, 1.807) is 0 Å². The second-order valence-electron chi connectivity index (χ2n) is 6.96. The van der Waals surface area contributed by atoms with Gasteiger partial charge in [-0.15, -0.1) is 0 Å². The smallest absolute Gasteiger partial charge is 0.339 e. The summed E-state index contributed by atoms with van der Waals surface area (Å²) in [4.78, 5) is 12.3. The predicted molar refractivity (Wildman–Crippen MR) is 103 cm³/mol. The van der Waals surface area contributed by atoms with Gasteiger partial charge in [0.2, 0.25) is 0 Å². The van der Waals surface area contributed by atoms with E-state index in [0.29, 0.717) is 12.2 Å². The summed E-state index contributed by atoms with van der Waals surface area (Å²) in [6.07, 6.45) is 3.88. The minimum atomic E-state index is -0.183. The highest BCUT2D eigenvalue weighted by atomic mass is 16.5. The molecule has 1 aliphatic carbocycles. The Bertz CT molecular complexity index is 984. The molecular formula is C22H24O4. The minimum Gasteiger partial charge on any atom is -0.488 e. The van der Waals surface area contributed by atoms with Crippen LogP contribution < -0.4 is 10.4 Å². The molecule has 0 atom stereocenters. The van der Waals surface area contributed by atoms with Crippen LogP contribution in [0.15, 0.2) is 45.6 Å². The molecule has 4 rings (SSSR count). The fourth-order valence-corrected chi connectivity index (χ4v) is 3.63. The van der Waals surface area contributed by atoms with Crippen molar-refractivity contribution in [1.29, 1.82) is 0 Å². The number of ether oxygens (including phenoxy) is 1. The van der Waals surface area contributed by atoms with E-state index in [4.69, 9.17) is 9.15 Å². The van der Waals surface area contributed by atoms with Crippen molar-refractivity contribution in [2.24, 2.45) is 0 Å². The molecule has 0 saturated heterocycles. The summed E-state index contributed by atoms with van der Waals surface area (Å²) in [7, 11) is 0. The van der Waals surface area contributed by atoms with Crippen LogP contribution in [0.3, 0.4) is 0 Å². The Kier molecular flexibility index (Phi) is 5.14. The van der Waals surface area contributed by atoms with Crippen LogP contribution in [0.5, 0.6) is 5.75 Å². The molecule has 0 spiro atoms. The maximum atomic E-state index is 12.3. The largest absolute Gasteiger partial charge is 0.488 e. The number of rotatable bonds is 3. The van der Waals surface area contributed by atoms with Gasteiger partial charge in [-0.25, -0.2) is 4.79 Å². The van der Waals surface area contributed by atoms with E-state index in [1.807, 2.05) is 19.1 Å². The van der Waals surface area contributed by atoms with Crippen molar-refractivity contribution in [3.05, 3.63) is 74.6 Å². The normalized spacial score (nSPS) is 13.2.